The number of anilines is 1. The van der Waals surface area contributed by atoms with Gasteiger partial charge < -0.3 is 16.0 Å². The van der Waals surface area contributed by atoms with Crippen molar-refractivity contribution < 1.29 is 14.4 Å². The van der Waals surface area contributed by atoms with Crippen molar-refractivity contribution in [3.8, 4) is 11.3 Å². The lowest BCUT2D eigenvalue weighted by atomic mass is 10.0. The standard InChI is InChI=1S/C26H30N4O3S/c1-17-6-10-21(11-7-17)23(28-19(3)32)15-25(33)30-26-29-24(16-34-26)22-12-8-20(9-13-22)5-4-14-27-18(2)31/h6-13,16,23H,4-5,14-15H2,1-3H3,(H,27,31)(H,28,32)(H,29,30,33). The average molecular weight is 479 g/mol. The van der Waals surface area contributed by atoms with Crippen molar-refractivity contribution in [3.63, 3.8) is 0 Å². The number of aromatic nitrogens is 1. The molecule has 3 amide bonds. The van der Waals surface area contributed by atoms with Crippen LogP contribution in [0.1, 0.15) is 49.4 Å². The zero-order valence-corrected chi connectivity index (χ0v) is 20.5. The summed E-state index contributed by atoms with van der Waals surface area (Å²) in [5, 5.41) is 10.9. The van der Waals surface area contributed by atoms with Crippen LogP contribution in [-0.2, 0) is 20.8 Å². The van der Waals surface area contributed by atoms with Gasteiger partial charge >= 0.3 is 0 Å². The molecule has 0 aliphatic heterocycles. The van der Waals surface area contributed by atoms with Crippen molar-refractivity contribution in [2.45, 2.75) is 46.1 Å². The zero-order chi connectivity index (χ0) is 24.5. The van der Waals surface area contributed by atoms with E-state index in [1.807, 2.05) is 48.7 Å². The van der Waals surface area contributed by atoms with Gasteiger partial charge in [0.15, 0.2) is 5.13 Å². The van der Waals surface area contributed by atoms with E-state index in [1.165, 1.54) is 30.7 Å². The molecular formula is C26H30N4O3S. The second kappa shape index (κ2) is 12.1. The number of rotatable bonds is 10. The van der Waals surface area contributed by atoms with Crippen LogP contribution in [0.25, 0.3) is 11.3 Å². The maximum atomic E-state index is 12.7. The van der Waals surface area contributed by atoms with Gasteiger partial charge in [0, 0.05) is 31.3 Å². The molecule has 0 aliphatic carbocycles. The molecule has 0 fully saturated rings. The molecule has 8 heteroatoms. The Labute approximate surface area is 204 Å². The number of benzene rings is 2. The number of hydrogen-bond donors (Lipinski definition) is 3. The molecule has 2 aromatic carbocycles. The number of aryl methyl sites for hydroxylation is 2. The van der Waals surface area contributed by atoms with Gasteiger partial charge in [0.2, 0.25) is 17.7 Å². The second-order valence-electron chi connectivity index (χ2n) is 8.24. The summed E-state index contributed by atoms with van der Waals surface area (Å²) in [6.45, 7) is 5.62. The van der Waals surface area contributed by atoms with Crippen LogP contribution in [0.2, 0.25) is 0 Å². The summed E-state index contributed by atoms with van der Waals surface area (Å²) in [5.41, 5.74) is 4.95. The summed E-state index contributed by atoms with van der Waals surface area (Å²) in [6.07, 6.45) is 1.88. The summed E-state index contributed by atoms with van der Waals surface area (Å²) in [5.74, 6) is -0.411. The molecule has 178 valence electrons. The van der Waals surface area contributed by atoms with Crippen LogP contribution in [0.5, 0.6) is 0 Å². The first kappa shape index (κ1) is 25.1. The van der Waals surface area contributed by atoms with E-state index in [0.717, 1.165) is 35.2 Å². The molecule has 0 saturated heterocycles. The van der Waals surface area contributed by atoms with Gasteiger partial charge in [-0.25, -0.2) is 4.98 Å². The minimum absolute atomic E-state index is 0.0115. The summed E-state index contributed by atoms with van der Waals surface area (Å²) in [6, 6.07) is 15.5. The highest BCUT2D eigenvalue weighted by molar-refractivity contribution is 7.14. The summed E-state index contributed by atoms with van der Waals surface area (Å²) < 4.78 is 0. The molecule has 7 nitrogen and oxygen atoms in total. The van der Waals surface area contributed by atoms with E-state index < -0.39 is 6.04 Å². The van der Waals surface area contributed by atoms with Crippen LogP contribution in [0, 0.1) is 6.92 Å². The maximum Gasteiger partial charge on any atom is 0.228 e. The van der Waals surface area contributed by atoms with Crippen LogP contribution in [0.3, 0.4) is 0 Å². The highest BCUT2D eigenvalue weighted by Crippen LogP contribution is 2.26. The number of nitrogens with one attached hydrogen (secondary N) is 3. The van der Waals surface area contributed by atoms with Crippen molar-refractivity contribution in [2.75, 3.05) is 11.9 Å². The van der Waals surface area contributed by atoms with Crippen molar-refractivity contribution in [1.29, 1.82) is 0 Å². The van der Waals surface area contributed by atoms with E-state index >= 15 is 0 Å². The van der Waals surface area contributed by atoms with E-state index in [4.69, 9.17) is 0 Å². The minimum Gasteiger partial charge on any atom is -0.356 e. The number of amides is 3. The fraction of sp³-hybridized carbons (Fsp3) is 0.308. The van der Waals surface area contributed by atoms with Crippen molar-refractivity contribution in [2.24, 2.45) is 0 Å². The first-order valence-electron chi connectivity index (χ1n) is 11.2. The number of carbonyl (C=O) groups excluding carboxylic acids is 3. The Kier molecular flexibility index (Phi) is 8.93. The average Bonchev–Trinajstić information content (AvgIpc) is 3.25. The largest absolute Gasteiger partial charge is 0.356 e. The number of hydrogen-bond acceptors (Lipinski definition) is 5. The molecule has 34 heavy (non-hydrogen) atoms. The molecule has 0 radical (unpaired) electrons. The molecule has 0 spiro atoms. The fourth-order valence-corrected chi connectivity index (χ4v) is 4.25. The molecule has 0 bridgehead atoms. The van der Waals surface area contributed by atoms with E-state index in [9.17, 15) is 14.4 Å². The predicted octanol–water partition coefficient (Wildman–Crippen LogP) is 4.39. The lowest BCUT2D eigenvalue weighted by Crippen LogP contribution is -2.29. The van der Waals surface area contributed by atoms with Gasteiger partial charge in [0.1, 0.15) is 0 Å². The third-order valence-corrected chi connectivity index (χ3v) is 6.02. The van der Waals surface area contributed by atoms with Gasteiger partial charge in [-0.2, -0.15) is 0 Å². The van der Waals surface area contributed by atoms with Crippen molar-refractivity contribution in [3.05, 3.63) is 70.6 Å². The summed E-state index contributed by atoms with van der Waals surface area (Å²) in [4.78, 5) is 39.8. The lowest BCUT2D eigenvalue weighted by molar-refractivity contribution is -0.121. The number of thiazole rings is 1. The monoisotopic (exact) mass is 478 g/mol. The molecule has 0 aliphatic rings. The van der Waals surface area contributed by atoms with E-state index in [0.29, 0.717) is 11.7 Å². The van der Waals surface area contributed by atoms with Crippen LogP contribution in [0.4, 0.5) is 5.13 Å². The van der Waals surface area contributed by atoms with Crippen LogP contribution in [-0.4, -0.2) is 29.3 Å². The molecule has 0 saturated carbocycles. The van der Waals surface area contributed by atoms with Crippen LogP contribution < -0.4 is 16.0 Å². The third kappa shape index (κ3) is 7.81. The lowest BCUT2D eigenvalue weighted by Gasteiger charge is -2.18. The molecule has 3 N–H and O–H groups in total. The predicted molar refractivity (Wildman–Crippen MR) is 136 cm³/mol. The first-order chi connectivity index (χ1) is 16.3. The Morgan fingerprint density at radius 2 is 1.68 bits per heavy atom. The second-order valence-corrected chi connectivity index (χ2v) is 9.10. The number of nitrogens with zero attached hydrogens (tertiary/aromatic N) is 1. The Bertz CT molecular complexity index is 1120. The highest BCUT2D eigenvalue weighted by Gasteiger charge is 2.18. The quantitative estimate of drug-likeness (QED) is 0.376. The molecule has 3 aromatic rings. The van der Waals surface area contributed by atoms with Crippen molar-refractivity contribution >= 4 is 34.2 Å². The Hall–Kier alpha value is -3.52. The smallest absolute Gasteiger partial charge is 0.228 e. The van der Waals surface area contributed by atoms with Gasteiger partial charge in [-0.15, -0.1) is 11.3 Å². The highest BCUT2D eigenvalue weighted by atomic mass is 32.1. The number of carbonyl (C=O) groups is 3. The minimum atomic E-state index is -0.407. The normalized spacial score (nSPS) is 11.5. The summed E-state index contributed by atoms with van der Waals surface area (Å²) in [7, 11) is 0. The van der Waals surface area contributed by atoms with E-state index in [2.05, 4.69) is 33.1 Å². The molecule has 1 unspecified atom stereocenters. The van der Waals surface area contributed by atoms with Crippen LogP contribution in [0.15, 0.2) is 53.9 Å². The Morgan fingerprint density at radius 1 is 0.971 bits per heavy atom. The molecule has 1 atom stereocenters. The van der Waals surface area contributed by atoms with E-state index in [1.54, 1.807) is 0 Å². The molecule has 3 rings (SSSR count). The third-order valence-electron chi connectivity index (χ3n) is 5.26. The van der Waals surface area contributed by atoms with Gasteiger partial charge in [-0.3, -0.25) is 14.4 Å². The molecular weight excluding hydrogens is 448 g/mol. The topological polar surface area (TPSA) is 100 Å². The zero-order valence-electron chi connectivity index (χ0n) is 19.7. The van der Waals surface area contributed by atoms with E-state index in [-0.39, 0.29) is 24.1 Å². The molecule has 1 heterocycles. The van der Waals surface area contributed by atoms with Gasteiger partial charge in [-0.1, -0.05) is 54.1 Å². The fourth-order valence-electron chi connectivity index (χ4n) is 3.51. The van der Waals surface area contributed by atoms with Crippen LogP contribution >= 0.6 is 11.3 Å². The molecule has 1 aromatic heterocycles. The Balaban J connectivity index is 1.57. The SMILES string of the molecule is CC(=O)NCCCc1ccc(-c2csc(NC(=O)CC(NC(C)=O)c3ccc(C)cc3)n2)cc1. The van der Waals surface area contributed by atoms with Crippen molar-refractivity contribution in [1.82, 2.24) is 15.6 Å². The first-order valence-corrected chi connectivity index (χ1v) is 12.1. The summed E-state index contributed by atoms with van der Waals surface area (Å²) >= 11 is 1.36. The van der Waals surface area contributed by atoms with Gasteiger partial charge in [-0.05, 0) is 30.9 Å². The van der Waals surface area contributed by atoms with Gasteiger partial charge in [0.25, 0.3) is 0 Å². The van der Waals surface area contributed by atoms with Gasteiger partial charge in [0.05, 0.1) is 18.2 Å². The maximum absolute atomic E-state index is 12.7. The Morgan fingerprint density at radius 3 is 2.32 bits per heavy atom.